The zero-order valence-corrected chi connectivity index (χ0v) is 12.4. The summed E-state index contributed by atoms with van der Waals surface area (Å²) < 4.78 is 5.59. The fourth-order valence-corrected chi connectivity index (χ4v) is 2.28. The van der Waals surface area contributed by atoms with Crippen LogP contribution in [0.5, 0.6) is 5.75 Å². The number of hydrogen-bond acceptors (Lipinski definition) is 4. The summed E-state index contributed by atoms with van der Waals surface area (Å²) in [6.45, 7) is 5.94. The average molecular weight is 293 g/mol. The van der Waals surface area contributed by atoms with Gasteiger partial charge in [0, 0.05) is 6.07 Å². The second-order valence-corrected chi connectivity index (χ2v) is 6.44. The summed E-state index contributed by atoms with van der Waals surface area (Å²) in [6.07, 6.45) is 1.50. The third-order valence-corrected chi connectivity index (χ3v) is 3.88. The highest BCUT2D eigenvalue weighted by Gasteiger charge is 2.48. The van der Waals surface area contributed by atoms with Gasteiger partial charge in [0.25, 0.3) is 0 Å². The van der Waals surface area contributed by atoms with Crippen molar-refractivity contribution in [2.75, 3.05) is 0 Å². The Kier molecular flexibility index (Phi) is 3.65. The van der Waals surface area contributed by atoms with Gasteiger partial charge in [0.05, 0.1) is 4.92 Å². The van der Waals surface area contributed by atoms with Crippen LogP contribution in [0.3, 0.4) is 0 Å². The van der Waals surface area contributed by atoms with Crippen molar-refractivity contribution < 1.29 is 19.6 Å². The Bertz CT molecular complexity index is 584. The van der Waals surface area contributed by atoms with Gasteiger partial charge in [-0.15, -0.1) is 0 Å². The van der Waals surface area contributed by atoms with Crippen LogP contribution in [0, 0.1) is 10.1 Å². The van der Waals surface area contributed by atoms with Crippen LogP contribution >= 0.6 is 0 Å². The van der Waals surface area contributed by atoms with E-state index in [1.807, 2.05) is 20.8 Å². The van der Waals surface area contributed by atoms with Crippen molar-refractivity contribution in [3.05, 3.63) is 33.9 Å². The molecule has 0 spiro atoms. The molecule has 0 aromatic heterocycles. The molecule has 0 radical (unpaired) electrons. The largest absolute Gasteiger partial charge is 0.478 e. The van der Waals surface area contributed by atoms with E-state index in [9.17, 15) is 20.0 Å². The smallest absolute Gasteiger partial charge is 0.348 e. The zero-order valence-electron chi connectivity index (χ0n) is 12.4. The van der Waals surface area contributed by atoms with Crippen LogP contribution in [-0.4, -0.2) is 21.6 Å². The van der Waals surface area contributed by atoms with Gasteiger partial charge in [0.1, 0.15) is 0 Å². The summed E-state index contributed by atoms with van der Waals surface area (Å²) in [5, 5.41) is 20.4. The Balaban J connectivity index is 2.44. The van der Waals surface area contributed by atoms with Crippen LogP contribution in [0.1, 0.15) is 45.6 Å². The van der Waals surface area contributed by atoms with Crippen LogP contribution in [0.25, 0.3) is 0 Å². The average Bonchev–Trinajstić information content (AvgIpc) is 2.31. The first-order chi connectivity index (χ1) is 9.66. The molecule has 1 fully saturated rings. The lowest BCUT2D eigenvalue weighted by atomic mass is 9.80. The molecule has 0 aliphatic heterocycles. The summed E-state index contributed by atoms with van der Waals surface area (Å²) >= 11 is 0. The van der Waals surface area contributed by atoms with Gasteiger partial charge in [-0.3, -0.25) is 10.1 Å². The number of nitro groups is 1. The first kappa shape index (κ1) is 15.3. The minimum Gasteiger partial charge on any atom is -0.478 e. The van der Waals surface area contributed by atoms with Crippen molar-refractivity contribution in [2.24, 2.45) is 0 Å². The Hall–Kier alpha value is -2.11. The summed E-state index contributed by atoms with van der Waals surface area (Å²) in [4.78, 5) is 22.0. The molecule has 0 unspecified atom stereocenters. The molecule has 1 saturated carbocycles. The summed E-state index contributed by atoms with van der Waals surface area (Å²) in [7, 11) is 0. The fraction of sp³-hybridized carbons (Fsp3) is 0.533. The molecule has 1 aliphatic carbocycles. The first-order valence-corrected chi connectivity index (χ1v) is 6.87. The number of aliphatic carboxylic acids is 1. The maximum atomic E-state index is 11.4. The van der Waals surface area contributed by atoms with E-state index in [0.717, 1.165) is 12.0 Å². The summed E-state index contributed by atoms with van der Waals surface area (Å²) in [5.74, 6) is -1.03. The highest BCUT2D eigenvalue weighted by atomic mass is 16.6. The van der Waals surface area contributed by atoms with Crippen LogP contribution in [0.15, 0.2) is 18.2 Å². The van der Waals surface area contributed by atoms with E-state index in [1.165, 1.54) is 6.07 Å². The van der Waals surface area contributed by atoms with E-state index < -0.39 is 16.5 Å². The number of nitrogens with zero attached hydrogens (tertiary/aromatic N) is 1. The lowest BCUT2D eigenvalue weighted by Gasteiger charge is -2.37. The maximum Gasteiger partial charge on any atom is 0.348 e. The molecular formula is C15H19NO5. The van der Waals surface area contributed by atoms with Gasteiger partial charge in [-0.1, -0.05) is 26.8 Å². The first-order valence-electron chi connectivity index (χ1n) is 6.87. The van der Waals surface area contributed by atoms with Gasteiger partial charge in [-0.2, -0.15) is 0 Å². The van der Waals surface area contributed by atoms with Crippen molar-refractivity contribution in [3.63, 3.8) is 0 Å². The fourth-order valence-electron chi connectivity index (χ4n) is 2.28. The number of rotatable bonds is 4. The van der Waals surface area contributed by atoms with Crippen LogP contribution < -0.4 is 4.74 Å². The monoisotopic (exact) mass is 293 g/mol. The van der Waals surface area contributed by atoms with Gasteiger partial charge < -0.3 is 9.84 Å². The van der Waals surface area contributed by atoms with E-state index in [4.69, 9.17) is 4.74 Å². The Morgan fingerprint density at radius 2 is 2.00 bits per heavy atom. The lowest BCUT2D eigenvalue weighted by molar-refractivity contribution is -0.386. The Labute approximate surface area is 122 Å². The van der Waals surface area contributed by atoms with Crippen molar-refractivity contribution in [1.82, 2.24) is 0 Å². The predicted molar refractivity (Wildman–Crippen MR) is 76.6 cm³/mol. The molecule has 1 N–H and O–H groups in total. The molecule has 1 aliphatic rings. The van der Waals surface area contributed by atoms with Crippen LogP contribution in [0.2, 0.25) is 0 Å². The van der Waals surface area contributed by atoms with Gasteiger partial charge >= 0.3 is 11.7 Å². The Morgan fingerprint density at radius 3 is 2.38 bits per heavy atom. The topological polar surface area (TPSA) is 89.7 Å². The van der Waals surface area contributed by atoms with Crippen LogP contribution in [-0.2, 0) is 10.2 Å². The summed E-state index contributed by atoms with van der Waals surface area (Å²) in [5.41, 5.74) is -0.858. The lowest BCUT2D eigenvalue weighted by Crippen LogP contribution is -2.50. The molecule has 114 valence electrons. The molecular weight excluding hydrogens is 274 g/mol. The number of carboxylic acids is 1. The third-order valence-electron chi connectivity index (χ3n) is 3.88. The second kappa shape index (κ2) is 5.02. The highest BCUT2D eigenvalue weighted by molar-refractivity contribution is 5.79. The predicted octanol–water partition coefficient (Wildman–Crippen LogP) is 3.28. The SMILES string of the molecule is CC(C)(C)c1ccc([N+](=O)[O-])c(OC2(C(=O)O)CCC2)c1. The van der Waals surface area contributed by atoms with Gasteiger partial charge in [-0.05, 0) is 36.3 Å². The number of carboxylic acid groups (broad SMARTS) is 1. The molecule has 21 heavy (non-hydrogen) atoms. The van der Waals surface area contributed by atoms with E-state index >= 15 is 0 Å². The molecule has 0 atom stereocenters. The number of ether oxygens (including phenoxy) is 1. The third kappa shape index (κ3) is 2.84. The van der Waals surface area contributed by atoms with Crippen molar-refractivity contribution in [2.45, 2.75) is 51.0 Å². The molecule has 1 aromatic carbocycles. The Morgan fingerprint density at radius 1 is 1.38 bits per heavy atom. The van der Waals surface area contributed by atoms with Gasteiger partial charge in [-0.25, -0.2) is 4.79 Å². The maximum absolute atomic E-state index is 11.4. The molecule has 2 rings (SSSR count). The van der Waals surface area contributed by atoms with Crippen molar-refractivity contribution in [1.29, 1.82) is 0 Å². The molecule has 0 amide bonds. The van der Waals surface area contributed by atoms with E-state index in [1.54, 1.807) is 12.1 Å². The number of benzene rings is 1. The van der Waals surface area contributed by atoms with Crippen molar-refractivity contribution in [3.8, 4) is 5.75 Å². The second-order valence-electron chi connectivity index (χ2n) is 6.44. The number of carbonyl (C=O) groups is 1. The molecule has 6 nitrogen and oxygen atoms in total. The molecule has 0 saturated heterocycles. The quantitative estimate of drug-likeness (QED) is 0.679. The van der Waals surface area contributed by atoms with Crippen LogP contribution in [0.4, 0.5) is 5.69 Å². The number of nitro benzene ring substituents is 1. The normalized spacial score (nSPS) is 16.9. The van der Waals surface area contributed by atoms with E-state index in [-0.39, 0.29) is 16.9 Å². The summed E-state index contributed by atoms with van der Waals surface area (Å²) in [6, 6.07) is 4.64. The molecule has 0 heterocycles. The minimum absolute atomic E-state index is 0.0366. The standard InChI is InChI=1S/C15H19NO5/c1-14(2,3)10-5-6-11(16(19)20)12(9-10)21-15(13(17)18)7-4-8-15/h5-6,9H,4,7-8H2,1-3H3,(H,17,18). The zero-order chi connectivity index (χ0) is 15.8. The molecule has 6 heteroatoms. The van der Waals surface area contributed by atoms with Gasteiger partial charge in [0.15, 0.2) is 5.75 Å². The van der Waals surface area contributed by atoms with Crippen molar-refractivity contribution >= 4 is 11.7 Å². The number of hydrogen-bond donors (Lipinski definition) is 1. The van der Waals surface area contributed by atoms with E-state index in [0.29, 0.717) is 12.8 Å². The van der Waals surface area contributed by atoms with E-state index in [2.05, 4.69) is 0 Å². The molecule has 0 bridgehead atoms. The molecule has 1 aromatic rings. The van der Waals surface area contributed by atoms with Gasteiger partial charge in [0.2, 0.25) is 5.60 Å². The minimum atomic E-state index is -1.32. The highest BCUT2D eigenvalue weighted by Crippen LogP contribution is 2.41.